The second-order valence-electron chi connectivity index (χ2n) is 3.31. The minimum Gasteiger partial charge on any atom is -0.478 e. The Bertz CT molecular complexity index is 541. The summed E-state index contributed by atoms with van der Waals surface area (Å²) in [5.74, 6) is -0.775. The van der Waals surface area contributed by atoms with E-state index in [9.17, 15) is 4.79 Å². The zero-order valence-corrected chi connectivity index (χ0v) is 9.86. The molecule has 0 radical (unpaired) electrons. The van der Waals surface area contributed by atoms with Crippen molar-refractivity contribution in [3.8, 4) is 0 Å². The second-order valence-corrected chi connectivity index (χ2v) is 4.37. The molecule has 0 aliphatic heterocycles. The summed E-state index contributed by atoms with van der Waals surface area (Å²) < 4.78 is 0. The molecule has 0 fully saturated rings. The number of aromatic carboxylic acids is 1. The maximum Gasteiger partial charge on any atom is 0.339 e. The Morgan fingerprint density at radius 2 is 2.41 bits per heavy atom. The molecule has 2 N–H and O–H groups in total. The van der Waals surface area contributed by atoms with E-state index in [4.69, 9.17) is 5.11 Å². The van der Waals surface area contributed by atoms with Crippen LogP contribution in [0.3, 0.4) is 0 Å². The molecular weight excluding hydrogens is 240 g/mol. The molecule has 2 heterocycles. The molecule has 0 bridgehead atoms. The highest BCUT2D eigenvalue weighted by Crippen LogP contribution is 2.13. The number of hydrogen-bond acceptors (Lipinski definition) is 6. The van der Waals surface area contributed by atoms with Crippen molar-refractivity contribution in [1.29, 1.82) is 0 Å². The summed E-state index contributed by atoms with van der Waals surface area (Å²) >= 11 is 1.55. The van der Waals surface area contributed by atoms with E-state index >= 15 is 0 Å². The minimum atomic E-state index is -1.03. The Morgan fingerprint density at radius 1 is 1.59 bits per heavy atom. The lowest BCUT2D eigenvalue weighted by Gasteiger charge is -2.05. The van der Waals surface area contributed by atoms with Crippen molar-refractivity contribution in [3.05, 3.63) is 33.9 Å². The largest absolute Gasteiger partial charge is 0.478 e. The number of aryl methyl sites for hydroxylation is 1. The lowest BCUT2D eigenvalue weighted by molar-refractivity contribution is 0.0697. The summed E-state index contributed by atoms with van der Waals surface area (Å²) in [5, 5.41) is 22.2. The summed E-state index contributed by atoms with van der Waals surface area (Å²) in [6.07, 6.45) is 1.35. The molecule has 0 aromatic carbocycles. The van der Waals surface area contributed by atoms with Gasteiger partial charge in [-0.25, -0.2) is 9.78 Å². The van der Waals surface area contributed by atoms with Gasteiger partial charge in [0, 0.05) is 5.38 Å². The molecule has 0 saturated heterocycles. The Kier molecular flexibility index (Phi) is 3.29. The van der Waals surface area contributed by atoms with Gasteiger partial charge in [0.25, 0.3) is 0 Å². The molecule has 6 nitrogen and oxygen atoms in total. The third kappa shape index (κ3) is 2.76. The van der Waals surface area contributed by atoms with Crippen molar-refractivity contribution in [2.45, 2.75) is 13.5 Å². The van der Waals surface area contributed by atoms with Crippen molar-refractivity contribution in [2.24, 2.45) is 0 Å². The first-order valence-corrected chi connectivity index (χ1v) is 5.74. The van der Waals surface area contributed by atoms with E-state index in [1.54, 1.807) is 11.3 Å². The molecule has 7 heteroatoms. The Morgan fingerprint density at radius 3 is 3.06 bits per heavy atom. The van der Waals surface area contributed by atoms with Crippen LogP contribution in [0.5, 0.6) is 0 Å². The number of rotatable bonds is 4. The van der Waals surface area contributed by atoms with Crippen molar-refractivity contribution in [2.75, 3.05) is 5.32 Å². The van der Waals surface area contributed by atoms with E-state index < -0.39 is 5.97 Å². The number of thiazole rings is 1. The van der Waals surface area contributed by atoms with Gasteiger partial charge in [0.1, 0.15) is 5.56 Å². The van der Waals surface area contributed by atoms with Crippen LogP contribution in [0, 0.1) is 6.92 Å². The predicted molar refractivity (Wildman–Crippen MR) is 63.2 cm³/mol. The fourth-order valence-corrected chi connectivity index (χ4v) is 1.91. The smallest absolute Gasteiger partial charge is 0.339 e. The lowest BCUT2D eigenvalue weighted by Crippen LogP contribution is -2.09. The Hall–Kier alpha value is -2.02. The quantitative estimate of drug-likeness (QED) is 0.856. The van der Waals surface area contributed by atoms with Gasteiger partial charge in [-0.1, -0.05) is 0 Å². The number of carbonyl (C=O) groups is 1. The van der Waals surface area contributed by atoms with Crippen molar-refractivity contribution in [1.82, 2.24) is 15.2 Å². The van der Waals surface area contributed by atoms with Gasteiger partial charge in [-0.3, -0.25) is 0 Å². The third-order valence-electron chi connectivity index (χ3n) is 2.05. The monoisotopic (exact) mass is 250 g/mol. The maximum atomic E-state index is 10.9. The van der Waals surface area contributed by atoms with Gasteiger partial charge < -0.3 is 10.4 Å². The predicted octanol–water partition coefficient (Wildman–Crippen LogP) is 1.55. The molecule has 2 aromatic heterocycles. The van der Waals surface area contributed by atoms with E-state index in [2.05, 4.69) is 20.5 Å². The van der Waals surface area contributed by atoms with Crippen molar-refractivity contribution < 1.29 is 9.90 Å². The summed E-state index contributed by atoms with van der Waals surface area (Å²) in [7, 11) is 0. The molecule has 17 heavy (non-hydrogen) atoms. The zero-order valence-electron chi connectivity index (χ0n) is 9.04. The van der Waals surface area contributed by atoms with Crippen LogP contribution in [0.25, 0.3) is 0 Å². The highest BCUT2D eigenvalue weighted by molar-refractivity contribution is 7.09. The number of hydrogen-bond donors (Lipinski definition) is 2. The molecule has 2 aromatic rings. The number of nitrogens with zero attached hydrogens (tertiary/aromatic N) is 3. The van der Waals surface area contributed by atoms with E-state index in [-0.39, 0.29) is 11.4 Å². The van der Waals surface area contributed by atoms with Gasteiger partial charge in [-0.2, -0.15) is 5.10 Å². The molecule has 88 valence electrons. The van der Waals surface area contributed by atoms with Gasteiger partial charge >= 0.3 is 5.97 Å². The van der Waals surface area contributed by atoms with E-state index in [0.717, 1.165) is 10.7 Å². The first kappa shape index (κ1) is 11.5. The third-order valence-corrected chi connectivity index (χ3v) is 2.88. The number of nitrogens with one attached hydrogen (secondary N) is 1. The summed E-state index contributed by atoms with van der Waals surface area (Å²) in [6.45, 7) is 2.35. The molecule has 0 unspecified atom stereocenters. The summed E-state index contributed by atoms with van der Waals surface area (Å²) in [5.41, 5.74) is 0.960. The first-order chi connectivity index (χ1) is 8.16. The second kappa shape index (κ2) is 4.88. The average Bonchev–Trinajstić information content (AvgIpc) is 2.73. The molecule has 0 amide bonds. The topological polar surface area (TPSA) is 88.0 Å². The zero-order chi connectivity index (χ0) is 12.3. The van der Waals surface area contributed by atoms with Gasteiger partial charge in [-0.05, 0) is 13.0 Å². The van der Waals surface area contributed by atoms with Gasteiger partial charge in [-0.15, -0.1) is 16.4 Å². The lowest BCUT2D eigenvalue weighted by atomic mass is 10.3. The van der Waals surface area contributed by atoms with Crippen LogP contribution < -0.4 is 5.32 Å². The summed E-state index contributed by atoms with van der Waals surface area (Å²) in [6, 6.07) is 1.41. The first-order valence-electron chi connectivity index (χ1n) is 4.86. The number of anilines is 1. The molecule has 0 aliphatic carbocycles. The number of carboxylic acids is 1. The fraction of sp³-hybridized carbons (Fsp3) is 0.200. The molecule has 2 rings (SSSR count). The van der Waals surface area contributed by atoms with E-state index in [1.165, 1.54) is 12.3 Å². The van der Waals surface area contributed by atoms with E-state index in [0.29, 0.717) is 6.54 Å². The normalized spacial score (nSPS) is 10.2. The van der Waals surface area contributed by atoms with Gasteiger partial charge in [0.05, 0.1) is 23.4 Å². The fourth-order valence-electron chi connectivity index (χ4n) is 1.30. The average molecular weight is 250 g/mol. The van der Waals surface area contributed by atoms with Gasteiger partial charge in [0.2, 0.25) is 0 Å². The summed E-state index contributed by atoms with van der Waals surface area (Å²) in [4.78, 5) is 15.2. The molecule has 0 saturated carbocycles. The Balaban J connectivity index is 2.11. The van der Waals surface area contributed by atoms with Crippen LogP contribution in [0.1, 0.15) is 21.1 Å². The maximum absolute atomic E-state index is 10.9. The Labute approximate surface area is 101 Å². The van der Waals surface area contributed by atoms with E-state index in [1.807, 2.05) is 12.3 Å². The minimum absolute atomic E-state index is 0.104. The molecular formula is C10H10N4O2S. The van der Waals surface area contributed by atoms with Gasteiger partial charge in [0.15, 0.2) is 5.82 Å². The van der Waals surface area contributed by atoms with Crippen LogP contribution in [-0.2, 0) is 6.54 Å². The van der Waals surface area contributed by atoms with Crippen LogP contribution >= 0.6 is 11.3 Å². The molecule has 0 atom stereocenters. The van der Waals surface area contributed by atoms with Crippen LogP contribution in [0.2, 0.25) is 0 Å². The highest BCUT2D eigenvalue weighted by atomic mass is 32.1. The van der Waals surface area contributed by atoms with Crippen LogP contribution in [0.4, 0.5) is 5.82 Å². The SMILES string of the molecule is Cc1nc(CNc2nnccc2C(=O)O)cs1. The number of aromatic nitrogens is 3. The molecule has 0 spiro atoms. The van der Waals surface area contributed by atoms with Crippen LogP contribution in [0.15, 0.2) is 17.6 Å². The van der Waals surface area contributed by atoms with Crippen molar-refractivity contribution >= 4 is 23.1 Å². The van der Waals surface area contributed by atoms with Crippen molar-refractivity contribution in [3.63, 3.8) is 0 Å². The highest BCUT2D eigenvalue weighted by Gasteiger charge is 2.11. The standard InChI is InChI=1S/C10H10N4O2S/c1-6-13-7(5-17-6)4-11-9-8(10(15)16)2-3-12-14-9/h2-3,5H,4H2,1H3,(H,11,14)(H,15,16). The van der Waals surface area contributed by atoms with Crippen LogP contribution in [-0.4, -0.2) is 26.3 Å². The molecule has 0 aliphatic rings. The number of carboxylic acid groups (broad SMARTS) is 1.